The number of nitrogens with one attached hydrogen (secondary N) is 1. The number of esters is 1. The van der Waals surface area contributed by atoms with Crippen LogP contribution < -0.4 is 10.2 Å². The highest BCUT2D eigenvalue weighted by Crippen LogP contribution is 2.30. The fourth-order valence-corrected chi connectivity index (χ4v) is 3.98. The predicted molar refractivity (Wildman–Crippen MR) is 125 cm³/mol. The summed E-state index contributed by atoms with van der Waals surface area (Å²) >= 11 is 1.06. The topological polar surface area (TPSA) is 88.6 Å². The first kappa shape index (κ1) is 24.1. The van der Waals surface area contributed by atoms with Gasteiger partial charge in [-0.2, -0.15) is 0 Å². The van der Waals surface area contributed by atoms with E-state index in [-0.39, 0.29) is 30.8 Å². The van der Waals surface area contributed by atoms with Crippen LogP contribution in [0.3, 0.4) is 0 Å². The first-order valence-corrected chi connectivity index (χ1v) is 11.2. The lowest BCUT2D eigenvalue weighted by Crippen LogP contribution is -2.30. The number of nitrogens with zero attached hydrogens (tertiary/aromatic N) is 2. The smallest absolute Gasteiger partial charge is 0.350 e. The van der Waals surface area contributed by atoms with Gasteiger partial charge in [-0.15, -0.1) is 0 Å². The van der Waals surface area contributed by atoms with Gasteiger partial charge in [-0.25, -0.2) is 14.2 Å². The largest absolute Gasteiger partial charge is 0.462 e. The van der Waals surface area contributed by atoms with E-state index >= 15 is 0 Å². The fraction of sp³-hybridized carbons (Fsp3) is 0.250. The summed E-state index contributed by atoms with van der Waals surface area (Å²) in [5.41, 5.74) is 1.97. The molecule has 0 saturated heterocycles. The lowest BCUT2D eigenvalue weighted by Gasteiger charge is -2.20. The molecule has 0 aliphatic carbocycles. The van der Waals surface area contributed by atoms with Gasteiger partial charge in [0.25, 0.3) is 5.91 Å². The van der Waals surface area contributed by atoms with E-state index in [0.29, 0.717) is 38.9 Å². The van der Waals surface area contributed by atoms with Crippen molar-refractivity contribution in [3.8, 4) is 0 Å². The van der Waals surface area contributed by atoms with Crippen LogP contribution in [0, 0.1) is 12.7 Å². The number of rotatable bonds is 8. The van der Waals surface area contributed by atoms with E-state index in [1.165, 1.54) is 17.0 Å². The molecule has 0 bridgehead atoms. The van der Waals surface area contributed by atoms with Gasteiger partial charge < -0.3 is 10.1 Å². The molecule has 3 aromatic rings. The number of ether oxygens (including phenoxy) is 1. The quantitative estimate of drug-likeness (QED) is 0.471. The van der Waals surface area contributed by atoms with Gasteiger partial charge in [0.05, 0.1) is 18.8 Å². The van der Waals surface area contributed by atoms with E-state index in [9.17, 15) is 18.8 Å². The van der Waals surface area contributed by atoms with Crippen molar-refractivity contribution in [2.75, 3.05) is 16.8 Å². The molecule has 1 heterocycles. The third kappa shape index (κ3) is 6.01. The number of anilines is 2. The minimum absolute atomic E-state index is 0.111. The van der Waals surface area contributed by atoms with Gasteiger partial charge in [-0.3, -0.25) is 14.5 Å². The van der Waals surface area contributed by atoms with Gasteiger partial charge >= 0.3 is 5.97 Å². The van der Waals surface area contributed by atoms with Crippen LogP contribution in [0.15, 0.2) is 48.5 Å². The summed E-state index contributed by atoms with van der Waals surface area (Å²) in [5, 5.41) is 3.05. The average molecular weight is 470 g/mol. The molecule has 7 nitrogen and oxygen atoms in total. The number of aromatic nitrogens is 1. The second-order valence-electron chi connectivity index (χ2n) is 7.13. The molecule has 0 unspecified atom stereocenters. The zero-order chi connectivity index (χ0) is 24.0. The van der Waals surface area contributed by atoms with Crippen molar-refractivity contribution in [1.29, 1.82) is 0 Å². The zero-order valence-electron chi connectivity index (χ0n) is 18.6. The van der Waals surface area contributed by atoms with Crippen molar-refractivity contribution in [3.63, 3.8) is 0 Å². The van der Waals surface area contributed by atoms with Gasteiger partial charge in [0.1, 0.15) is 10.7 Å². The van der Waals surface area contributed by atoms with Crippen molar-refractivity contribution in [2.45, 2.75) is 33.7 Å². The molecule has 0 aliphatic rings. The number of benzene rings is 2. The Morgan fingerprint density at radius 2 is 1.85 bits per heavy atom. The molecule has 0 radical (unpaired) electrons. The first-order valence-electron chi connectivity index (χ1n) is 10.4. The number of halogens is 1. The number of aryl methyl sites for hydroxylation is 1. The molecule has 0 aliphatic heterocycles. The summed E-state index contributed by atoms with van der Waals surface area (Å²) in [5.74, 6) is -1.43. The first-order chi connectivity index (χ1) is 15.8. The molecule has 2 amide bonds. The minimum atomic E-state index is -0.503. The third-order valence-electron chi connectivity index (χ3n) is 4.69. The number of amides is 2. The average Bonchev–Trinajstić information content (AvgIpc) is 3.19. The molecule has 0 saturated carbocycles. The summed E-state index contributed by atoms with van der Waals surface area (Å²) in [4.78, 5) is 43.7. The zero-order valence-corrected chi connectivity index (χ0v) is 19.4. The van der Waals surface area contributed by atoms with Crippen LogP contribution >= 0.6 is 11.3 Å². The maximum atomic E-state index is 13.5. The van der Waals surface area contributed by atoms with E-state index < -0.39 is 5.97 Å². The van der Waals surface area contributed by atoms with E-state index in [2.05, 4.69) is 10.3 Å². The van der Waals surface area contributed by atoms with Crippen LogP contribution in [0.5, 0.6) is 0 Å². The van der Waals surface area contributed by atoms with Crippen molar-refractivity contribution in [1.82, 2.24) is 4.98 Å². The van der Waals surface area contributed by atoms with Crippen LogP contribution in [0.2, 0.25) is 0 Å². The van der Waals surface area contributed by atoms with Crippen LogP contribution in [0.4, 0.5) is 15.2 Å². The summed E-state index contributed by atoms with van der Waals surface area (Å²) in [6.45, 7) is 5.46. The number of thiazole rings is 1. The standard InChI is InChI=1S/C24H24FN3O4S/c1-4-20(29)27-19-8-6-7-17(13-19)22(30)28(14-16-9-11-18(25)12-10-16)24-26-15(3)21(33-24)23(31)32-5-2/h6-13H,4-5,14H2,1-3H3,(H,27,29). The molecule has 1 N–H and O–H groups in total. The molecule has 1 aromatic heterocycles. The SMILES string of the molecule is CCOC(=O)c1sc(N(Cc2ccc(F)cc2)C(=O)c2cccc(NC(=O)CC)c2)nc1C. The maximum Gasteiger partial charge on any atom is 0.350 e. The summed E-state index contributed by atoms with van der Waals surface area (Å²) in [6.07, 6.45) is 0.309. The van der Waals surface area contributed by atoms with Crippen molar-refractivity contribution < 1.29 is 23.5 Å². The number of carbonyl (C=O) groups excluding carboxylic acids is 3. The molecule has 0 spiro atoms. The van der Waals surface area contributed by atoms with E-state index in [1.807, 2.05) is 0 Å². The van der Waals surface area contributed by atoms with Crippen LogP contribution in [0.1, 0.15) is 51.6 Å². The molecule has 0 fully saturated rings. The monoisotopic (exact) mass is 469 g/mol. The van der Waals surface area contributed by atoms with E-state index in [4.69, 9.17) is 4.74 Å². The summed E-state index contributed by atoms with van der Waals surface area (Å²) in [7, 11) is 0. The Labute approximate surface area is 195 Å². The lowest BCUT2D eigenvalue weighted by molar-refractivity contribution is -0.115. The highest BCUT2D eigenvalue weighted by atomic mass is 32.1. The molecule has 172 valence electrons. The number of carbonyl (C=O) groups is 3. The second-order valence-corrected chi connectivity index (χ2v) is 8.11. The Bertz CT molecular complexity index is 1160. The maximum absolute atomic E-state index is 13.5. The lowest BCUT2D eigenvalue weighted by atomic mass is 10.1. The summed E-state index contributed by atoms with van der Waals surface area (Å²) in [6, 6.07) is 12.4. The minimum Gasteiger partial charge on any atom is -0.462 e. The van der Waals surface area contributed by atoms with Crippen molar-refractivity contribution in [3.05, 3.63) is 76.0 Å². The Morgan fingerprint density at radius 3 is 2.52 bits per heavy atom. The van der Waals surface area contributed by atoms with Crippen LogP contribution in [0.25, 0.3) is 0 Å². The Morgan fingerprint density at radius 1 is 1.12 bits per heavy atom. The molecule has 33 heavy (non-hydrogen) atoms. The van der Waals surface area contributed by atoms with Crippen LogP contribution in [-0.2, 0) is 16.1 Å². The van der Waals surface area contributed by atoms with E-state index in [1.54, 1.807) is 57.2 Å². The normalized spacial score (nSPS) is 10.5. The number of hydrogen-bond acceptors (Lipinski definition) is 6. The van der Waals surface area contributed by atoms with Crippen LogP contribution in [-0.4, -0.2) is 29.4 Å². The van der Waals surface area contributed by atoms with E-state index in [0.717, 1.165) is 11.3 Å². The van der Waals surface area contributed by atoms with Crippen molar-refractivity contribution >= 4 is 39.9 Å². The fourth-order valence-electron chi connectivity index (χ4n) is 3.02. The molecular weight excluding hydrogens is 445 g/mol. The Kier molecular flexibility index (Phi) is 7.89. The highest BCUT2D eigenvalue weighted by Gasteiger charge is 2.25. The van der Waals surface area contributed by atoms with Gasteiger partial charge in [0.15, 0.2) is 5.13 Å². The second kappa shape index (κ2) is 10.8. The van der Waals surface area contributed by atoms with Crippen molar-refractivity contribution in [2.24, 2.45) is 0 Å². The molecule has 2 aromatic carbocycles. The van der Waals surface area contributed by atoms with Gasteiger partial charge in [0.2, 0.25) is 5.91 Å². The molecular formula is C24H24FN3O4S. The number of hydrogen-bond donors (Lipinski definition) is 1. The van der Waals surface area contributed by atoms with Gasteiger partial charge in [0, 0.05) is 17.7 Å². The molecule has 9 heteroatoms. The Balaban J connectivity index is 1.99. The predicted octanol–water partition coefficient (Wildman–Crippen LogP) is 4.96. The molecule has 3 rings (SSSR count). The third-order valence-corrected chi connectivity index (χ3v) is 5.85. The summed E-state index contributed by atoms with van der Waals surface area (Å²) < 4.78 is 18.5. The van der Waals surface area contributed by atoms with Gasteiger partial charge in [-0.1, -0.05) is 36.5 Å². The van der Waals surface area contributed by atoms with Gasteiger partial charge in [-0.05, 0) is 49.7 Å². The molecule has 0 atom stereocenters. The highest BCUT2D eigenvalue weighted by molar-refractivity contribution is 7.17. The Hall–Kier alpha value is -3.59.